The highest BCUT2D eigenvalue weighted by molar-refractivity contribution is 6.30. The van der Waals surface area contributed by atoms with Crippen LogP contribution in [-0.2, 0) is 4.79 Å². The minimum Gasteiger partial charge on any atom is -0.493 e. The number of halogens is 1. The first-order chi connectivity index (χ1) is 12.5. The molecule has 26 heavy (non-hydrogen) atoms. The van der Waals surface area contributed by atoms with Crippen molar-refractivity contribution in [3.05, 3.63) is 64.7 Å². The summed E-state index contributed by atoms with van der Waals surface area (Å²) < 4.78 is 5.54. The number of carboxylic acid groups (broad SMARTS) is 1. The predicted molar refractivity (Wildman–Crippen MR) is 98.8 cm³/mol. The summed E-state index contributed by atoms with van der Waals surface area (Å²) in [5.41, 5.74) is 1.32. The summed E-state index contributed by atoms with van der Waals surface area (Å²) in [6, 6.07) is 14.3. The van der Waals surface area contributed by atoms with Crippen molar-refractivity contribution in [2.75, 3.05) is 19.7 Å². The van der Waals surface area contributed by atoms with E-state index < -0.39 is 11.9 Å². The van der Waals surface area contributed by atoms with Gasteiger partial charge in [-0.1, -0.05) is 41.9 Å². The number of ether oxygens (including phenoxy) is 1. The summed E-state index contributed by atoms with van der Waals surface area (Å²) in [4.78, 5) is 26.3. The molecule has 2 aromatic rings. The maximum absolute atomic E-state index is 13.0. The highest BCUT2D eigenvalue weighted by atomic mass is 35.5. The smallest absolute Gasteiger partial charge is 0.308 e. The normalized spacial score (nSPS) is 19.4. The Balaban J connectivity index is 1.88. The Morgan fingerprint density at radius 3 is 2.58 bits per heavy atom. The van der Waals surface area contributed by atoms with E-state index in [4.69, 9.17) is 16.3 Å². The second kappa shape index (κ2) is 7.79. The SMILES string of the molecule is CCOc1cc(Cl)ccc1C(=O)N1CC(C(=O)O)C(c2ccccc2)C1. The molecule has 2 unspecified atom stereocenters. The molecule has 2 aromatic carbocycles. The lowest BCUT2D eigenvalue weighted by Gasteiger charge is -2.18. The van der Waals surface area contributed by atoms with Gasteiger partial charge in [-0.05, 0) is 30.7 Å². The van der Waals surface area contributed by atoms with Crippen LogP contribution in [-0.4, -0.2) is 41.6 Å². The van der Waals surface area contributed by atoms with Crippen molar-refractivity contribution in [3.8, 4) is 5.75 Å². The molecule has 0 bridgehead atoms. The molecule has 5 nitrogen and oxygen atoms in total. The van der Waals surface area contributed by atoms with Crippen LogP contribution < -0.4 is 4.74 Å². The highest BCUT2D eigenvalue weighted by Crippen LogP contribution is 2.35. The quantitative estimate of drug-likeness (QED) is 0.868. The highest BCUT2D eigenvalue weighted by Gasteiger charge is 2.41. The van der Waals surface area contributed by atoms with Crippen LogP contribution in [0.5, 0.6) is 5.75 Å². The van der Waals surface area contributed by atoms with Gasteiger partial charge in [-0.2, -0.15) is 0 Å². The molecule has 2 atom stereocenters. The van der Waals surface area contributed by atoms with Gasteiger partial charge in [-0.15, -0.1) is 0 Å². The Labute approximate surface area is 157 Å². The molecule has 0 radical (unpaired) electrons. The van der Waals surface area contributed by atoms with E-state index >= 15 is 0 Å². The molecular weight excluding hydrogens is 354 g/mol. The number of likely N-dealkylation sites (tertiary alicyclic amines) is 1. The molecule has 1 fully saturated rings. The zero-order valence-electron chi connectivity index (χ0n) is 14.4. The van der Waals surface area contributed by atoms with Gasteiger partial charge >= 0.3 is 5.97 Å². The molecule has 0 saturated carbocycles. The van der Waals surface area contributed by atoms with Gasteiger partial charge in [0.05, 0.1) is 18.1 Å². The fourth-order valence-corrected chi connectivity index (χ4v) is 3.54. The van der Waals surface area contributed by atoms with E-state index in [0.29, 0.717) is 29.5 Å². The molecule has 1 aliphatic heterocycles. The van der Waals surface area contributed by atoms with E-state index in [9.17, 15) is 14.7 Å². The fourth-order valence-electron chi connectivity index (χ4n) is 3.38. The molecule has 0 spiro atoms. The number of carboxylic acids is 1. The molecule has 1 aliphatic rings. The zero-order valence-corrected chi connectivity index (χ0v) is 15.1. The van der Waals surface area contributed by atoms with Crippen LogP contribution in [0.4, 0.5) is 0 Å². The van der Waals surface area contributed by atoms with Crippen molar-refractivity contribution in [1.82, 2.24) is 4.90 Å². The topological polar surface area (TPSA) is 66.8 Å². The molecule has 136 valence electrons. The van der Waals surface area contributed by atoms with E-state index in [-0.39, 0.29) is 18.4 Å². The second-order valence-electron chi connectivity index (χ2n) is 6.25. The first kappa shape index (κ1) is 18.3. The van der Waals surface area contributed by atoms with E-state index in [1.54, 1.807) is 23.1 Å². The Hall–Kier alpha value is -2.53. The van der Waals surface area contributed by atoms with Gasteiger partial charge in [-0.3, -0.25) is 9.59 Å². The van der Waals surface area contributed by atoms with Crippen molar-refractivity contribution in [2.24, 2.45) is 5.92 Å². The van der Waals surface area contributed by atoms with Gasteiger partial charge in [0.25, 0.3) is 5.91 Å². The van der Waals surface area contributed by atoms with E-state index in [0.717, 1.165) is 5.56 Å². The maximum atomic E-state index is 13.0. The first-order valence-corrected chi connectivity index (χ1v) is 8.88. The van der Waals surface area contributed by atoms with Crippen molar-refractivity contribution in [1.29, 1.82) is 0 Å². The van der Waals surface area contributed by atoms with Crippen LogP contribution in [0.25, 0.3) is 0 Å². The van der Waals surface area contributed by atoms with Crippen molar-refractivity contribution >= 4 is 23.5 Å². The molecule has 0 aliphatic carbocycles. The molecule has 1 heterocycles. The third kappa shape index (κ3) is 3.68. The summed E-state index contributed by atoms with van der Waals surface area (Å²) in [6.45, 7) is 2.76. The van der Waals surface area contributed by atoms with Crippen LogP contribution in [0, 0.1) is 5.92 Å². The van der Waals surface area contributed by atoms with Gasteiger partial charge in [-0.25, -0.2) is 0 Å². The monoisotopic (exact) mass is 373 g/mol. The van der Waals surface area contributed by atoms with E-state index in [1.807, 2.05) is 37.3 Å². The number of nitrogens with zero attached hydrogens (tertiary/aromatic N) is 1. The lowest BCUT2D eigenvalue weighted by atomic mass is 9.89. The maximum Gasteiger partial charge on any atom is 0.308 e. The minimum absolute atomic E-state index is 0.169. The fraction of sp³-hybridized carbons (Fsp3) is 0.300. The number of rotatable bonds is 5. The number of carbonyl (C=O) groups is 2. The molecule has 1 saturated heterocycles. The first-order valence-electron chi connectivity index (χ1n) is 8.50. The lowest BCUT2D eigenvalue weighted by molar-refractivity contribution is -0.141. The van der Waals surface area contributed by atoms with Gasteiger partial charge in [0.15, 0.2) is 0 Å². The van der Waals surface area contributed by atoms with Crippen LogP contribution in [0.3, 0.4) is 0 Å². The van der Waals surface area contributed by atoms with E-state index in [1.165, 1.54) is 0 Å². The molecule has 1 N–H and O–H groups in total. The number of hydrogen-bond acceptors (Lipinski definition) is 3. The lowest BCUT2D eigenvalue weighted by Crippen LogP contribution is -2.30. The molecule has 6 heteroatoms. The summed E-state index contributed by atoms with van der Waals surface area (Å²) >= 11 is 6.00. The Morgan fingerprint density at radius 1 is 1.19 bits per heavy atom. The summed E-state index contributed by atoms with van der Waals surface area (Å²) in [5.74, 6) is -1.59. The number of amides is 1. The number of aliphatic carboxylic acids is 1. The Kier molecular flexibility index (Phi) is 5.47. The van der Waals surface area contributed by atoms with Crippen molar-refractivity contribution in [3.63, 3.8) is 0 Å². The van der Waals surface area contributed by atoms with Gasteiger partial charge in [0.1, 0.15) is 5.75 Å². The zero-order chi connectivity index (χ0) is 18.7. The molecule has 3 rings (SSSR count). The number of benzene rings is 2. The minimum atomic E-state index is -0.893. The second-order valence-corrected chi connectivity index (χ2v) is 6.68. The molecule has 1 amide bonds. The third-order valence-corrected chi connectivity index (χ3v) is 4.86. The summed E-state index contributed by atoms with van der Waals surface area (Å²) in [5, 5.41) is 10.1. The largest absolute Gasteiger partial charge is 0.493 e. The van der Waals surface area contributed by atoms with Crippen molar-refractivity contribution in [2.45, 2.75) is 12.8 Å². The van der Waals surface area contributed by atoms with Crippen LogP contribution in [0.15, 0.2) is 48.5 Å². The van der Waals surface area contributed by atoms with E-state index in [2.05, 4.69) is 0 Å². The average molecular weight is 374 g/mol. The third-order valence-electron chi connectivity index (χ3n) is 4.63. The number of carbonyl (C=O) groups excluding carboxylic acids is 1. The Bertz CT molecular complexity index is 809. The van der Waals surface area contributed by atoms with Crippen molar-refractivity contribution < 1.29 is 19.4 Å². The molecular formula is C20H20ClNO4. The summed E-state index contributed by atoms with van der Waals surface area (Å²) in [6.07, 6.45) is 0. The number of hydrogen-bond donors (Lipinski definition) is 1. The van der Waals surface area contributed by atoms with Crippen LogP contribution >= 0.6 is 11.6 Å². The Morgan fingerprint density at radius 2 is 1.92 bits per heavy atom. The summed E-state index contributed by atoms with van der Waals surface area (Å²) in [7, 11) is 0. The standard InChI is InChI=1S/C20H20ClNO4/c1-2-26-18-10-14(21)8-9-15(18)19(23)22-11-16(17(12-22)20(24)25)13-6-4-3-5-7-13/h3-10,16-17H,2,11-12H2,1H3,(H,24,25). The predicted octanol–water partition coefficient (Wildman–Crippen LogP) is 3.68. The average Bonchev–Trinajstić information content (AvgIpc) is 3.08. The van der Waals surface area contributed by atoms with Crippen LogP contribution in [0.2, 0.25) is 5.02 Å². The van der Waals surface area contributed by atoms with Gasteiger partial charge in [0.2, 0.25) is 0 Å². The van der Waals surface area contributed by atoms with Gasteiger partial charge in [0, 0.05) is 24.0 Å². The molecule has 0 aromatic heterocycles. The van der Waals surface area contributed by atoms with Crippen LogP contribution in [0.1, 0.15) is 28.8 Å². The van der Waals surface area contributed by atoms with Gasteiger partial charge < -0.3 is 14.7 Å².